The van der Waals surface area contributed by atoms with Gasteiger partial charge in [0, 0.05) is 10.9 Å². The summed E-state index contributed by atoms with van der Waals surface area (Å²) in [5.74, 6) is 1.31. The second-order valence-corrected chi connectivity index (χ2v) is 7.48. The van der Waals surface area contributed by atoms with Crippen molar-refractivity contribution in [3.63, 3.8) is 0 Å². The van der Waals surface area contributed by atoms with E-state index in [1.54, 1.807) is 0 Å². The molecule has 0 saturated heterocycles. The monoisotopic (exact) mass is 325 g/mol. The maximum absolute atomic E-state index is 6.18. The molecule has 4 aromatic rings. The normalized spacial score (nSPS) is 21.8. The molecule has 0 N–H and O–H groups in total. The molecule has 2 aromatic heterocycles. The molecule has 2 nitrogen and oxygen atoms in total. The number of pyridine rings is 1. The van der Waals surface area contributed by atoms with Crippen molar-refractivity contribution < 1.29 is 4.42 Å². The maximum atomic E-state index is 6.18. The van der Waals surface area contributed by atoms with E-state index in [1.807, 2.05) is 6.07 Å². The predicted octanol–water partition coefficient (Wildman–Crippen LogP) is 6.40. The summed E-state index contributed by atoms with van der Waals surface area (Å²) in [5.41, 5.74) is 7.18. The van der Waals surface area contributed by atoms with Crippen LogP contribution >= 0.6 is 0 Å². The second kappa shape index (κ2) is 4.95. The molecule has 2 heterocycles. The Balaban J connectivity index is 1.80. The Labute approximate surface area is 146 Å². The fourth-order valence-electron chi connectivity index (χ4n) is 5.12. The lowest BCUT2D eigenvalue weighted by atomic mass is 9.65. The molecule has 25 heavy (non-hydrogen) atoms. The van der Waals surface area contributed by atoms with Crippen LogP contribution in [0.2, 0.25) is 0 Å². The lowest BCUT2D eigenvalue weighted by molar-refractivity contribution is 0.361. The third-order valence-electron chi connectivity index (χ3n) is 6.20. The topological polar surface area (TPSA) is 26.0 Å². The van der Waals surface area contributed by atoms with Crippen molar-refractivity contribution in [3.05, 3.63) is 65.7 Å². The average molecular weight is 325 g/mol. The molecular formula is C23H19NO. The maximum Gasteiger partial charge on any atom is 0.228 e. The van der Waals surface area contributed by atoms with Crippen molar-refractivity contribution >= 4 is 22.1 Å². The molecule has 0 amide bonds. The molecule has 1 saturated carbocycles. The molecule has 3 aliphatic carbocycles. The van der Waals surface area contributed by atoms with Gasteiger partial charge in [-0.2, -0.15) is 0 Å². The zero-order valence-electron chi connectivity index (χ0n) is 14.0. The molecule has 0 atom stereocenters. The largest absolute Gasteiger partial charge is 0.438 e. The number of hydrogen-bond donors (Lipinski definition) is 0. The van der Waals surface area contributed by atoms with E-state index in [4.69, 9.17) is 9.40 Å². The van der Waals surface area contributed by atoms with Crippen molar-refractivity contribution in [1.29, 1.82) is 0 Å². The van der Waals surface area contributed by atoms with Crippen LogP contribution in [0.5, 0.6) is 0 Å². The summed E-state index contributed by atoms with van der Waals surface area (Å²) in [4.78, 5) is 5.05. The van der Waals surface area contributed by atoms with Crippen molar-refractivity contribution in [2.24, 2.45) is 0 Å². The van der Waals surface area contributed by atoms with Gasteiger partial charge in [-0.1, -0.05) is 48.5 Å². The first kappa shape index (κ1) is 13.7. The van der Waals surface area contributed by atoms with Crippen molar-refractivity contribution in [3.8, 4) is 11.3 Å². The van der Waals surface area contributed by atoms with Gasteiger partial charge < -0.3 is 4.42 Å². The quantitative estimate of drug-likeness (QED) is 0.404. The lowest BCUT2D eigenvalue weighted by Crippen LogP contribution is -2.23. The third-order valence-corrected chi connectivity index (χ3v) is 6.20. The van der Waals surface area contributed by atoms with Gasteiger partial charge in [0.05, 0.1) is 11.1 Å². The van der Waals surface area contributed by atoms with Gasteiger partial charge >= 0.3 is 0 Å². The number of benzene rings is 2. The zero-order chi connectivity index (χ0) is 16.4. The van der Waals surface area contributed by atoms with Crippen LogP contribution in [-0.4, -0.2) is 4.98 Å². The van der Waals surface area contributed by atoms with Crippen LogP contribution in [0.1, 0.15) is 48.6 Å². The molecule has 0 spiro atoms. The molecule has 0 aliphatic heterocycles. The highest BCUT2D eigenvalue weighted by Gasteiger charge is 2.38. The highest BCUT2D eigenvalue weighted by atomic mass is 16.3. The van der Waals surface area contributed by atoms with E-state index in [1.165, 1.54) is 53.1 Å². The molecule has 1 fully saturated rings. The number of nitrogens with zero attached hydrogens (tertiary/aromatic N) is 1. The predicted molar refractivity (Wildman–Crippen MR) is 101 cm³/mol. The molecule has 3 aliphatic rings. The van der Waals surface area contributed by atoms with E-state index < -0.39 is 0 Å². The van der Waals surface area contributed by atoms with Crippen LogP contribution in [-0.2, 0) is 0 Å². The Hall–Kier alpha value is -2.61. The smallest absolute Gasteiger partial charge is 0.228 e. The minimum absolute atomic E-state index is 0.653. The van der Waals surface area contributed by atoms with Crippen molar-refractivity contribution in [1.82, 2.24) is 4.98 Å². The van der Waals surface area contributed by atoms with Crippen LogP contribution < -0.4 is 0 Å². The first-order valence-electron chi connectivity index (χ1n) is 9.30. The first-order chi connectivity index (χ1) is 12.4. The summed E-state index contributed by atoms with van der Waals surface area (Å²) in [7, 11) is 0. The van der Waals surface area contributed by atoms with Gasteiger partial charge in [-0.25, -0.2) is 4.98 Å². The third kappa shape index (κ3) is 1.82. The van der Waals surface area contributed by atoms with E-state index >= 15 is 0 Å². The Kier molecular flexibility index (Phi) is 2.70. The van der Waals surface area contributed by atoms with Crippen molar-refractivity contribution in [2.75, 3.05) is 0 Å². The SMILES string of the molecule is c1ccc(-c2nc3oc4ccccc4c3c3c2C2CCC3CC2)cc1. The van der Waals surface area contributed by atoms with Gasteiger partial charge in [0.25, 0.3) is 0 Å². The van der Waals surface area contributed by atoms with Gasteiger partial charge in [0.1, 0.15) is 5.58 Å². The van der Waals surface area contributed by atoms with Gasteiger partial charge in [-0.05, 0) is 54.7 Å². The van der Waals surface area contributed by atoms with E-state index in [2.05, 4.69) is 48.5 Å². The number of rotatable bonds is 1. The molecule has 2 heteroatoms. The Morgan fingerprint density at radius 2 is 1.44 bits per heavy atom. The molecule has 2 aromatic carbocycles. The Morgan fingerprint density at radius 3 is 2.24 bits per heavy atom. The minimum Gasteiger partial charge on any atom is -0.438 e. The molecule has 122 valence electrons. The van der Waals surface area contributed by atoms with Crippen molar-refractivity contribution in [2.45, 2.75) is 37.5 Å². The van der Waals surface area contributed by atoms with E-state index in [-0.39, 0.29) is 0 Å². The van der Waals surface area contributed by atoms with E-state index in [0.717, 1.165) is 17.0 Å². The molecule has 0 unspecified atom stereocenters. The summed E-state index contributed by atoms with van der Waals surface area (Å²) in [6.45, 7) is 0. The molecule has 2 bridgehead atoms. The molecular weight excluding hydrogens is 306 g/mol. The first-order valence-corrected chi connectivity index (χ1v) is 9.30. The zero-order valence-corrected chi connectivity index (χ0v) is 14.0. The van der Waals surface area contributed by atoms with Gasteiger partial charge in [0.2, 0.25) is 5.71 Å². The molecule has 0 radical (unpaired) electrons. The summed E-state index contributed by atoms with van der Waals surface area (Å²) >= 11 is 0. The lowest BCUT2D eigenvalue weighted by Gasteiger charge is -2.39. The van der Waals surface area contributed by atoms with Gasteiger partial charge in [-0.3, -0.25) is 0 Å². The summed E-state index contributed by atoms with van der Waals surface area (Å²) in [6, 6.07) is 19.0. The summed E-state index contributed by atoms with van der Waals surface area (Å²) in [5, 5.41) is 2.51. The fourth-order valence-corrected chi connectivity index (χ4v) is 5.12. The van der Waals surface area contributed by atoms with E-state index in [0.29, 0.717) is 11.8 Å². The van der Waals surface area contributed by atoms with Gasteiger partial charge in [0.15, 0.2) is 0 Å². The highest BCUT2D eigenvalue weighted by Crippen LogP contribution is 2.55. The van der Waals surface area contributed by atoms with Crippen LogP contribution in [0.25, 0.3) is 33.3 Å². The highest BCUT2D eigenvalue weighted by molar-refractivity contribution is 6.07. The summed E-state index contributed by atoms with van der Waals surface area (Å²) in [6.07, 6.45) is 5.23. The Bertz CT molecular complexity index is 1100. The van der Waals surface area contributed by atoms with Crippen LogP contribution in [0.3, 0.4) is 0 Å². The molecule has 7 rings (SSSR count). The Morgan fingerprint density at radius 1 is 0.760 bits per heavy atom. The van der Waals surface area contributed by atoms with Crippen LogP contribution in [0.15, 0.2) is 59.0 Å². The summed E-state index contributed by atoms with van der Waals surface area (Å²) < 4.78 is 6.18. The second-order valence-electron chi connectivity index (χ2n) is 7.48. The number of para-hydroxylation sites is 1. The van der Waals surface area contributed by atoms with Crippen LogP contribution in [0.4, 0.5) is 0 Å². The van der Waals surface area contributed by atoms with Crippen LogP contribution in [0, 0.1) is 0 Å². The number of hydrogen-bond acceptors (Lipinski definition) is 2. The van der Waals surface area contributed by atoms with E-state index in [9.17, 15) is 0 Å². The number of aromatic nitrogens is 1. The average Bonchev–Trinajstić information content (AvgIpc) is 3.07. The van der Waals surface area contributed by atoms with Gasteiger partial charge in [-0.15, -0.1) is 0 Å². The number of furan rings is 1. The fraction of sp³-hybridized carbons (Fsp3) is 0.261. The standard InChI is InChI=1S/C23H19NO/c1-2-6-16(7-3-1)22-20-15-12-10-14(11-13-15)19(20)21-17-8-4-5-9-18(17)25-23(21)24-22/h1-9,14-15H,10-13H2. The minimum atomic E-state index is 0.653. The number of fused-ring (bicyclic) bond motifs is 5.